The second kappa shape index (κ2) is 4.07. The first-order valence-corrected chi connectivity index (χ1v) is 5.47. The van der Waals surface area contributed by atoms with Crippen molar-refractivity contribution in [1.82, 2.24) is 4.98 Å². The molecule has 0 saturated carbocycles. The molecule has 0 rings (SSSR count). The Balaban J connectivity index is 3.07. The topological polar surface area (TPSA) is 12.0 Å². The summed E-state index contributed by atoms with van der Waals surface area (Å²) in [4.78, 5) is 3.44. The average Bonchev–Trinajstić information content (AvgIpc) is 1.63. The lowest BCUT2D eigenvalue weighted by Gasteiger charge is -2.16. The molecule has 0 atom stereocenters. The van der Waals surface area contributed by atoms with Crippen molar-refractivity contribution < 1.29 is 0 Å². The van der Waals surface area contributed by atoms with Gasteiger partial charge in [-0.2, -0.15) is 0 Å². The molecule has 1 N–H and O–H groups in total. The molecule has 0 aromatic rings. The Labute approximate surface area is 61.1 Å². The van der Waals surface area contributed by atoms with Gasteiger partial charge in [0.05, 0.1) is 9.68 Å². The standard InChI is InChI=1S/C7H19NSi/c1-5-8-9-6-7(2,3)4/h8H,5-6,9H2,1-4H3. The molecule has 1 nitrogen and oxygen atoms in total. The Morgan fingerprint density at radius 1 is 1.33 bits per heavy atom. The minimum Gasteiger partial charge on any atom is -0.342 e. The van der Waals surface area contributed by atoms with Crippen LogP contribution in [-0.2, 0) is 0 Å². The summed E-state index contributed by atoms with van der Waals surface area (Å²) in [5.74, 6) is 0. The Hall–Kier alpha value is 0.177. The fourth-order valence-corrected chi connectivity index (χ4v) is 1.92. The summed E-state index contributed by atoms with van der Waals surface area (Å²) in [5, 5.41) is 0. The van der Waals surface area contributed by atoms with E-state index in [1.807, 2.05) is 0 Å². The van der Waals surface area contributed by atoms with Gasteiger partial charge in [-0.3, -0.25) is 0 Å². The van der Waals surface area contributed by atoms with E-state index in [1.54, 1.807) is 0 Å². The van der Waals surface area contributed by atoms with E-state index < -0.39 is 0 Å². The predicted molar refractivity (Wildman–Crippen MR) is 46.5 cm³/mol. The van der Waals surface area contributed by atoms with Gasteiger partial charge in [0.15, 0.2) is 0 Å². The summed E-state index contributed by atoms with van der Waals surface area (Å²) in [6.45, 7) is 10.2. The second-order valence-corrected chi connectivity index (χ2v) is 5.16. The van der Waals surface area contributed by atoms with E-state index >= 15 is 0 Å². The fraction of sp³-hybridized carbons (Fsp3) is 1.00. The van der Waals surface area contributed by atoms with Crippen LogP contribution in [0.1, 0.15) is 27.7 Å². The summed E-state index contributed by atoms with van der Waals surface area (Å²) >= 11 is 0. The Bertz CT molecular complexity index is 65.8. The Morgan fingerprint density at radius 3 is 2.22 bits per heavy atom. The van der Waals surface area contributed by atoms with Gasteiger partial charge in [-0.05, 0) is 18.0 Å². The summed E-state index contributed by atoms with van der Waals surface area (Å²) in [5.41, 5.74) is 0.550. The third-order valence-corrected chi connectivity index (χ3v) is 3.91. The molecule has 0 amide bonds. The lowest BCUT2D eigenvalue weighted by Crippen LogP contribution is -2.22. The third-order valence-electron chi connectivity index (χ3n) is 1.30. The first-order valence-electron chi connectivity index (χ1n) is 3.77. The highest BCUT2D eigenvalue weighted by Gasteiger charge is 2.08. The van der Waals surface area contributed by atoms with E-state index in [4.69, 9.17) is 0 Å². The van der Waals surface area contributed by atoms with Gasteiger partial charge < -0.3 is 4.98 Å². The molecule has 0 spiro atoms. The third kappa shape index (κ3) is 8.18. The molecule has 0 radical (unpaired) electrons. The van der Waals surface area contributed by atoms with Crippen molar-refractivity contribution in [3.05, 3.63) is 0 Å². The molecule has 2 heteroatoms. The lowest BCUT2D eigenvalue weighted by molar-refractivity contribution is 0.465. The van der Waals surface area contributed by atoms with Crippen molar-refractivity contribution in [2.75, 3.05) is 6.54 Å². The lowest BCUT2D eigenvalue weighted by atomic mass is 10.0. The van der Waals surface area contributed by atoms with Crippen molar-refractivity contribution >= 4 is 9.68 Å². The number of nitrogens with one attached hydrogen (secondary N) is 1. The quantitative estimate of drug-likeness (QED) is 0.464. The Morgan fingerprint density at radius 2 is 1.89 bits per heavy atom. The molecule has 0 unspecified atom stereocenters. The summed E-state index contributed by atoms with van der Waals surface area (Å²) in [6, 6.07) is 1.40. The molecule has 0 aliphatic carbocycles. The highest BCUT2D eigenvalue weighted by molar-refractivity contribution is 6.32. The zero-order chi connectivity index (χ0) is 7.33. The summed E-state index contributed by atoms with van der Waals surface area (Å²) < 4.78 is 0. The van der Waals surface area contributed by atoms with Gasteiger partial charge in [-0.15, -0.1) is 0 Å². The molecule has 0 aromatic heterocycles. The van der Waals surface area contributed by atoms with Crippen LogP contribution in [0, 0.1) is 5.41 Å². The van der Waals surface area contributed by atoms with Crippen molar-refractivity contribution in [2.24, 2.45) is 5.41 Å². The fourth-order valence-electron chi connectivity index (χ4n) is 0.640. The highest BCUT2D eigenvalue weighted by atomic mass is 28.2. The van der Waals surface area contributed by atoms with E-state index in [1.165, 1.54) is 6.04 Å². The highest BCUT2D eigenvalue weighted by Crippen LogP contribution is 2.17. The molecular formula is C7H19NSi. The summed E-state index contributed by atoms with van der Waals surface area (Å²) in [7, 11) is 0.0571. The Kier molecular flexibility index (Phi) is 4.15. The van der Waals surface area contributed by atoms with E-state index in [0.29, 0.717) is 5.41 Å². The van der Waals surface area contributed by atoms with Gasteiger partial charge in [0.25, 0.3) is 0 Å². The summed E-state index contributed by atoms with van der Waals surface area (Å²) in [6.07, 6.45) is 0. The van der Waals surface area contributed by atoms with Crippen LogP contribution < -0.4 is 4.98 Å². The first-order chi connectivity index (χ1) is 4.06. The maximum absolute atomic E-state index is 3.44. The molecule has 0 bridgehead atoms. The van der Waals surface area contributed by atoms with Crippen LogP contribution in [0.2, 0.25) is 6.04 Å². The zero-order valence-corrected chi connectivity index (χ0v) is 8.54. The van der Waals surface area contributed by atoms with Gasteiger partial charge in [0.2, 0.25) is 0 Å². The molecule has 56 valence electrons. The average molecular weight is 145 g/mol. The van der Waals surface area contributed by atoms with Gasteiger partial charge in [-0.1, -0.05) is 27.7 Å². The molecular weight excluding hydrogens is 126 g/mol. The molecule has 0 aromatic carbocycles. The van der Waals surface area contributed by atoms with Crippen LogP contribution in [0.15, 0.2) is 0 Å². The SMILES string of the molecule is CCN[SiH2]CC(C)(C)C. The van der Waals surface area contributed by atoms with E-state index in [2.05, 4.69) is 32.7 Å². The molecule has 0 heterocycles. The van der Waals surface area contributed by atoms with Crippen LogP contribution in [-0.4, -0.2) is 16.2 Å². The van der Waals surface area contributed by atoms with Crippen LogP contribution >= 0.6 is 0 Å². The predicted octanol–water partition coefficient (Wildman–Crippen LogP) is 1.14. The molecule has 0 aliphatic heterocycles. The van der Waals surface area contributed by atoms with E-state index in [-0.39, 0.29) is 9.68 Å². The van der Waals surface area contributed by atoms with Crippen molar-refractivity contribution in [2.45, 2.75) is 33.7 Å². The molecule has 9 heavy (non-hydrogen) atoms. The van der Waals surface area contributed by atoms with Crippen molar-refractivity contribution in [3.63, 3.8) is 0 Å². The number of hydrogen-bond donors (Lipinski definition) is 1. The zero-order valence-electron chi connectivity index (χ0n) is 7.12. The number of rotatable bonds is 3. The smallest absolute Gasteiger partial charge is 0.0921 e. The minimum absolute atomic E-state index is 0.0571. The normalized spacial score (nSPS) is 13.3. The first kappa shape index (κ1) is 9.18. The second-order valence-electron chi connectivity index (χ2n) is 3.66. The van der Waals surface area contributed by atoms with Crippen LogP contribution in [0.4, 0.5) is 0 Å². The largest absolute Gasteiger partial charge is 0.342 e. The molecule has 0 saturated heterocycles. The molecule has 0 aliphatic rings. The van der Waals surface area contributed by atoms with E-state index in [0.717, 1.165) is 6.54 Å². The van der Waals surface area contributed by atoms with Crippen molar-refractivity contribution in [1.29, 1.82) is 0 Å². The van der Waals surface area contributed by atoms with Crippen molar-refractivity contribution in [3.8, 4) is 0 Å². The maximum atomic E-state index is 3.44. The number of hydrogen-bond acceptors (Lipinski definition) is 1. The van der Waals surface area contributed by atoms with Gasteiger partial charge in [0.1, 0.15) is 0 Å². The van der Waals surface area contributed by atoms with Crippen LogP contribution in [0.25, 0.3) is 0 Å². The van der Waals surface area contributed by atoms with E-state index in [9.17, 15) is 0 Å². The van der Waals surface area contributed by atoms with Gasteiger partial charge in [-0.25, -0.2) is 0 Å². The van der Waals surface area contributed by atoms with Crippen LogP contribution in [0.5, 0.6) is 0 Å². The maximum Gasteiger partial charge on any atom is 0.0921 e. The monoisotopic (exact) mass is 145 g/mol. The van der Waals surface area contributed by atoms with Gasteiger partial charge in [0, 0.05) is 0 Å². The molecule has 0 fully saturated rings. The minimum atomic E-state index is 0.0571. The van der Waals surface area contributed by atoms with Crippen LogP contribution in [0.3, 0.4) is 0 Å². The van der Waals surface area contributed by atoms with Gasteiger partial charge >= 0.3 is 0 Å².